The highest BCUT2D eigenvalue weighted by Gasteiger charge is 2.52. The Balaban J connectivity index is 1.46. The van der Waals surface area contributed by atoms with E-state index in [0.717, 1.165) is 10.5 Å². The fourth-order valence-electron chi connectivity index (χ4n) is 7.47. The van der Waals surface area contributed by atoms with Crippen molar-refractivity contribution in [3.8, 4) is 0 Å². The van der Waals surface area contributed by atoms with Crippen LogP contribution in [0.1, 0.15) is 62.0 Å². The Hall–Kier alpha value is -4.08. The molecule has 4 heterocycles. The van der Waals surface area contributed by atoms with E-state index in [-0.39, 0.29) is 53.6 Å². The van der Waals surface area contributed by atoms with Crippen molar-refractivity contribution in [2.75, 3.05) is 36.3 Å². The Morgan fingerprint density at radius 3 is 2.15 bits per heavy atom. The maximum atomic E-state index is 14.8. The van der Waals surface area contributed by atoms with Crippen molar-refractivity contribution in [2.45, 2.75) is 77.0 Å². The van der Waals surface area contributed by atoms with Gasteiger partial charge in [-0.2, -0.15) is 0 Å². The van der Waals surface area contributed by atoms with Crippen molar-refractivity contribution < 1.29 is 33.9 Å². The Labute approximate surface area is 318 Å². The van der Waals surface area contributed by atoms with Crippen molar-refractivity contribution >= 4 is 59.0 Å². The number of thioether (sulfide) groups is 2. The van der Waals surface area contributed by atoms with Gasteiger partial charge in [-0.25, -0.2) is 0 Å². The molecule has 2 aromatic carbocycles. The van der Waals surface area contributed by atoms with Gasteiger partial charge >= 0.3 is 0 Å². The zero-order valence-corrected chi connectivity index (χ0v) is 32.2. The molecule has 6 amide bonds. The molecule has 0 aromatic heterocycles. The summed E-state index contributed by atoms with van der Waals surface area (Å²) in [5, 5.41) is 18.5. The van der Waals surface area contributed by atoms with Crippen LogP contribution in [0.25, 0.3) is 0 Å². The lowest BCUT2D eigenvalue weighted by Gasteiger charge is -2.40. The van der Waals surface area contributed by atoms with Gasteiger partial charge in [-0.15, -0.1) is 23.5 Å². The van der Waals surface area contributed by atoms with Gasteiger partial charge in [-0.3, -0.25) is 33.7 Å². The summed E-state index contributed by atoms with van der Waals surface area (Å²) in [6.45, 7) is 6.62. The van der Waals surface area contributed by atoms with Crippen LogP contribution in [0, 0.1) is 11.8 Å². The van der Waals surface area contributed by atoms with Crippen LogP contribution in [0.3, 0.4) is 0 Å². The molecule has 3 saturated heterocycles. The second-order valence-electron chi connectivity index (χ2n) is 14.7. The number of benzene rings is 2. The second kappa shape index (κ2) is 16.1. The molecule has 0 spiro atoms. The summed E-state index contributed by atoms with van der Waals surface area (Å²) < 4.78 is 0. The minimum atomic E-state index is -2.13. The first-order valence-corrected chi connectivity index (χ1v) is 20.5. The van der Waals surface area contributed by atoms with Crippen LogP contribution in [0.15, 0.2) is 54.6 Å². The summed E-state index contributed by atoms with van der Waals surface area (Å²) in [5.74, 6) is -2.21. The van der Waals surface area contributed by atoms with E-state index in [0.29, 0.717) is 17.9 Å². The molecule has 3 N–H and O–H groups in total. The first kappa shape index (κ1) is 38.6. The number of fused-ring (bicyclic) bond motifs is 5. The van der Waals surface area contributed by atoms with Crippen molar-refractivity contribution in [1.29, 1.82) is 0 Å². The maximum Gasteiger partial charge on any atom is 0.257 e. The van der Waals surface area contributed by atoms with Crippen LogP contribution in [0.2, 0.25) is 0 Å². The van der Waals surface area contributed by atoms with Crippen molar-refractivity contribution in [3.05, 3.63) is 71.3 Å². The lowest BCUT2D eigenvalue weighted by molar-refractivity contribution is -0.153. The molecule has 284 valence electrons. The molecule has 3 fully saturated rings. The number of β-amino-alcohol motifs (C(OH)–C–C–N with tert-alkyl or cyclic N) is 1. The zero-order chi connectivity index (χ0) is 38.0. The summed E-state index contributed by atoms with van der Waals surface area (Å²) in [7, 11) is 0. The van der Waals surface area contributed by atoms with Gasteiger partial charge in [-0.1, -0.05) is 82.6 Å². The van der Waals surface area contributed by atoms with Crippen molar-refractivity contribution in [2.24, 2.45) is 11.8 Å². The highest BCUT2D eigenvalue weighted by atomic mass is 32.2. The quantitative estimate of drug-likeness (QED) is 0.401. The number of nitrogens with one attached hydrogen (secondary N) is 2. The third kappa shape index (κ3) is 7.79. The molecule has 0 saturated carbocycles. The molecule has 2 aromatic rings. The van der Waals surface area contributed by atoms with E-state index < -0.39 is 72.5 Å². The zero-order valence-electron chi connectivity index (χ0n) is 30.5. The van der Waals surface area contributed by atoms with Gasteiger partial charge in [0.1, 0.15) is 30.7 Å². The standard InChI is InChI=1S/C38H48N6O7S2/c1-5-24(4)32-37(50)43-22-53-19-30(43)36(49)42-21-52-18-29(42)33(46)39-28(15-23(2)3)35(48)41(16-25-11-7-6-8-12-25)20-38(51)27-14-10-9-13-26(27)34(47)44(38)17-31(45)40-32/h6-14,23-24,28-30,32,51H,5,15-22H2,1-4H3,(H,39,46)(H,40,45)/t24-,28-,29+,30+,32-,38+/m0/s1. The number of aliphatic hydroxyl groups is 1. The monoisotopic (exact) mass is 764 g/mol. The molecule has 6 rings (SSSR count). The van der Waals surface area contributed by atoms with E-state index in [4.69, 9.17) is 0 Å². The summed E-state index contributed by atoms with van der Waals surface area (Å²) in [6.07, 6.45) is 0.801. The topological polar surface area (TPSA) is 160 Å². The van der Waals surface area contributed by atoms with Crippen LogP contribution >= 0.6 is 23.5 Å². The van der Waals surface area contributed by atoms with Crippen molar-refractivity contribution in [3.63, 3.8) is 0 Å². The average Bonchev–Trinajstić information content (AvgIpc) is 3.89. The van der Waals surface area contributed by atoms with Gasteiger partial charge in [0.15, 0.2) is 5.72 Å². The Morgan fingerprint density at radius 2 is 1.47 bits per heavy atom. The number of carbonyl (C=O) groups is 6. The predicted molar refractivity (Wildman–Crippen MR) is 202 cm³/mol. The molecular weight excluding hydrogens is 717 g/mol. The number of hydrogen-bond donors (Lipinski definition) is 3. The fraction of sp³-hybridized carbons (Fsp3) is 0.526. The Kier molecular flexibility index (Phi) is 11.7. The molecule has 4 aliphatic heterocycles. The molecule has 15 heteroatoms. The van der Waals surface area contributed by atoms with Gasteiger partial charge in [0.05, 0.1) is 18.3 Å². The highest BCUT2D eigenvalue weighted by Crippen LogP contribution is 2.38. The first-order chi connectivity index (χ1) is 25.3. The minimum Gasteiger partial charge on any atom is -0.365 e. The lowest BCUT2D eigenvalue weighted by atomic mass is 9.97. The molecule has 53 heavy (non-hydrogen) atoms. The Morgan fingerprint density at radius 1 is 0.830 bits per heavy atom. The third-order valence-corrected chi connectivity index (χ3v) is 12.6. The van der Waals surface area contributed by atoms with E-state index >= 15 is 0 Å². The summed E-state index contributed by atoms with van der Waals surface area (Å²) in [4.78, 5) is 90.9. The van der Waals surface area contributed by atoms with E-state index in [1.54, 1.807) is 24.3 Å². The number of rotatable bonds is 6. The number of hydrogen-bond acceptors (Lipinski definition) is 9. The summed E-state index contributed by atoms with van der Waals surface area (Å²) in [6, 6.07) is 11.9. The molecule has 0 bridgehead atoms. The molecule has 0 aliphatic carbocycles. The summed E-state index contributed by atoms with van der Waals surface area (Å²) in [5.41, 5.74) is -0.950. The van der Waals surface area contributed by atoms with Gasteiger partial charge < -0.3 is 30.4 Å². The van der Waals surface area contributed by atoms with E-state index in [9.17, 15) is 33.9 Å². The normalized spacial score (nSPS) is 27.9. The van der Waals surface area contributed by atoms with E-state index in [1.165, 1.54) is 38.2 Å². The molecule has 4 aliphatic rings. The number of amides is 6. The van der Waals surface area contributed by atoms with Crippen LogP contribution in [-0.4, -0.2) is 121 Å². The van der Waals surface area contributed by atoms with Crippen LogP contribution in [0.5, 0.6) is 0 Å². The van der Waals surface area contributed by atoms with Crippen LogP contribution < -0.4 is 10.6 Å². The molecule has 0 unspecified atom stereocenters. The van der Waals surface area contributed by atoms with E-state index in [1.807, 2.05) is 58.0 Å². The second-order valence-corrected chi connectivity index (χ2v) is 16.7. The van der Waals surface area contributed by atoms with Crippen molar-refractivity contribution in [1.82, 2.24) is 30.2 Å². The highest BCUT2D eigenvalue weighted by molar-refractivity contribution is 7.99. The van der Waals surface area contributed by atoms with Gasteiger partial charge in [0.2, 0.25) is 29.5 Å². The molecule has 0 radical (unpaired) electrons. The molecular formula is C38H48N6O7S2. The lowest BCUT2D eigenvalue weighted by Crippen LogP contribution is -2.62. The maximum absolute atomic E-state index is 14.8. The molecule has 13 nitrogen and oxygen atoms in total. The minimum absolute atomic E-state index is 0.0259. The van der Waals surface area contributed by atoms with E-state index in [2.05, 4.69) is 10.6 Å². The van der Waals surface area contributed by atoms with Gasteiger partial charge in [0, 0.05) is 29.2 Å². The van der Waals surface area contributed by atoms with Crippen LogP contribution in [-0.2, 0) is 36.2 Å². The SMILES string of the molecule is CC[C@H](C)[C@@H]1NC(=O)CN2C(=O)c3ccccc3[C@]2(O)CN(Cc2ccccc2)C(=O)[C@H](CC(C)C)NC(=O)[C@H]2CSCN2C(=O)[C@H]2CSCN2C1=O. The van der Waals surface area contributed by atoms with Gasteiger partial charge in [0.25, 0.3) is 5.91 Å². The smallest absolute Gasteiger partial charge is 0.257 e. The van der Waals surface area contributed by atoms with Gasteiger partial charge in [-0.05, 0) is 29.9 Å². The first-order valence-electron chi connectivity index (χ1n) is 18.2. The van der Waals surface area contributed by atoms with Crippen LogP contribution in [0.4, 0.5) is 0 Å². The number of carbonyl (C=O) groups excluding carboxylic acids is 6. The largest absolute Gasteiger partial charge is 0.365 e. The number of nitrogens with zero attached hydrogens (tertiary/aromatic N) is 4. The fourth-order valence-corrected chi connectivity index (χ4v) is 9.79. The summed E-state index contributed by atoms with van der Waals surface area (Å²) >= 11 is 2.85. The Bertz CT molecular complexity index is 1750. The predicted octanol–water partition coefficient (Wildman–Crippen LogP) is 2.19. The average molecular weight is 765 g/mol. The molecule has 6 atom stereocenters. The third-order valence-electron chi connectivity index (χ3n) is 10.6.